The number of hydrogen-bond donors (Lipinski definition) is 1. The number of nitrogens with one attached hydrogen (secondary N) is 1. The molecule has 1 N–H and O–H groups in total. The maximum atomic E-state index is 12.8. The number of pyridine rings is 1. The zero-order valence-corrected chi connectivity index (χ0v) is 17.1. The fourth-order valence-electron chi connectivity index (χ4n) is 2.65. The van der Waals surface area contributed by atoms with Crippen LogP contribution in [-0.4, -0.2) is 21.5 Å². The summed E-state index contributed by atoms with van der Waals surface area (Å²) >= 11 is 0. The van der Waals surface area contributed by atoms with Crippen molar-refractivity contribution in [3.63, 3.8) is 0 Å². The molecule has 0 spiro atoms. The van der Waals surface area contributed by atoms with Crippen LogP contribution in [0.4, 0.5) is 10.5 Å². The van der Waals surface area contributed by atoms with Crippen LogP contribution >= 0.6 is 0 Å². The van der Waals surface area contributed by atoms with Crippen LogP contribution in [0.1, 0.15) is 17.0 Å². The Morgan fingerprint density at radius 1 is 1.07 bits per heavy atom. The van der Waals surface area contributed by atoms with Crippen LogP contribution in [0.2, 0.25) is 0 Å². The zero-order valence-electron chi connectivity index (χ0n) is 15.5. The van der Waals surface area contributed by atoms with Gasteiger partial charge in [-0.25, -0.2) is 8.42 Å². The second kappa shape index (κ2) is 8.09. The maximum Gasteiger partial charge on any atom is 0.503 e. The molecule has 0 saturated carbocycles. The minimum atomic E-state index is -4.96. The number of rotatable bonds is 5. The van der Waals surface area contributed by atoms with Gasteiger partial charge in [0.1, 0.15) is 27.3 Å². The Hall–Kier alpha value is -2.12. The fraction of sp³-hybridized carbons (Fsp3) is 0.250. The van der Waals surface area contributed by atoms with Crippen molar-refractivity contribution < 1.29 is 46.4 Å². The number of nitrogens with zero attached hydrogens (tertiary/aromatic N) is 2. The van der Waals surface area contributed by atoms with E-state index in [0.717, 1.165) is 29.1 Å². The van der Waals surface area contributed by atoms with Gasteiger partial charge >= 0.3 is 6.03 Å². The first-order chi connectivity index (χ1) is 12.8. The highest BCUT2D eigenvalue weighted by Crippen LogP contribution is 2.17. The molecule has 0 fully saturated rings. The van der Waals surface area contributed by atoms with E-state index in [-0.39, 0.29) is 10.9 Å². The van der Waals surface area contributed by atoms with Crippen molar-refractivity contribution in [3.05, 3.63) is 53.3 Å². The van der Waals surface area contributed by atoms with E-state index in [1.807, 2.05) is 19.1 Å². The van der Waals surface area contributed by atoms with Gasteiger partial charge in [0.2, 0.25) is 0 Å². The Balaban J connectivity index is 2.25. The first-order valence-electron chi connectivity index (χ1n) is 7.81. The summed E-state index contributed by atoms with van der Waals surface area (Å²) < 4.78 is 60.0. The molecule has 0 saturated heterocycles. The molecule has 0 aliphatic rings. The summed E-state index contributed by atoms with van der Waals surface area (Å²) in [7, 11) is -7.82. The fourth-order valence-corrected chi connectivity index (χ4v) is 3.88. The summed E-state index contributed by atoms with van der Waals surface area (Å²) in [4.78, 5) is 15.0. The van der Waals surface area contributed by atoms with Crippen molar-refractivity contribution in [2.75, 3.05) is 11.9 Å². The van der Waals surface area contributed by atoms with E-state index in [1.165, 1.54) is 33.5 Å². The topological polar surface area (TPSA) is 149 Å². The minimum Gasteiger partial charge on any atom is -0.205 e. The average Bonchev–Trinajstić information content (AvgIpc) is 2.58. The molecule has 0 bridgehead atoms. The van der Waals surface area contributed by atoms with Gasteiger partial charge < -0.3 is 0 Å². The Labute approximate surface area is 164 Å². The van der Waals surface area contributed by atoms with Gasteiger partial charge in [-0.2, -0.15) is 28.2 Å². The lowest BCUT2D eigenvalue weighted by atomic mass is 10.2. The van der Waals surface area contributed by atoms with Crippen molar-refractivity contribution in [2.24, 2.45) is 0 Å². The lowest BCUT2D eigenvalue weighted by Gasteiger charge is -2.14. The van der Waals surface area contributed by atoms with E-state index in [0.29, 0.717) is 5.69 Å². The number of anilines is 1. The number of hydrogen-bond acceptors (Lipinski definition) is 7. The lowest BCUT2D eigenvalue weighted by Crippen LogP contribution is -2.63. The van der Waals surface area contributed by atoms with E-state index >= 15 is 0 Å². The Morgan fingerprint density at radius 3 is 2.04 bits per heavy atom. The molecule has 10 nitrogen and oxygen atoms in total. The third-order valence-corrected chi connectivity index (χ3v) is 5.38. The van der Waals surface area contributed by atoms with Crippen LogP contribution in [0, 0.1) is 31.0 Å². The molecule has 0 unspecified atom stereocenters. The molecule has 0 aliphatic heterocycles. The Kier molecular flexibility index (Phi) is 6.41. The highest BCUT2D eigenvalue weighted by Gasteiger charge is 2.29. The molecule has 12 heteroatoms. The monoisotopic (exact) mass is 432 g/mol. The molecular formula is C16H19ClN3O7S+. The van der Waals surface area contributed by atoms with Crippen molar-refractivity contribution >= 4 is 21.7 Å². The number of aryl methyl sites for hydroxylation is 3. The number of amides is 1. The standard InChI is InChI=1S/C16H19ClN3O7S/c1-11-9-12(2)20(13(3)10-11)16(21)19(4)14-5-7-15(8-6-14)28(25,26)18-27-17(22,23)24/h5-10,18H,1-4H3/q+1. The summed E-state index contributed by atoms with van der Waals surface area (Å²) in [5.74, 6) is 0. The van der Waals surface area contributed by atoms with Crippen LogP contribution in [0.15, 0.2) is 41.3 Å². The zero-order chi connectivity index (χ0) is 21.3. The quantitative estimate of drug-likeness (QED) is 0.428. The van der Waals surface area contributed by atoms with Crippen molar-refractivity contribution in [1.29, 1.82) is 0 Å². The third-order valence-electron chi connectivity index (χ3n) is 3.83. The molecule has 1 aromatic heterocycles. The molecule has 0 atom stereocenters. The molecule has 0 radical (unpaired) electrons. The number of carbonyl (C=O) groups excluding carboxylic acids is 1. The summed E-state index contributed by atoms with van der Waals surface area (Å²) in [6, 6.07) is 8.37. The molecule has 1 aromatic carbocycles. The van der Waals surface area contributed by atoms with Crippen LogP contribution < -0.4 is 28.3 Å². The van der Waals surface area contributed by atoms with E-state index in [1.54, 1.807) is 13.8 Å². The second-order valence-corrected chi connectivity index (χ2v) is 8.58. The molecule has 1 amide bonds. The maximum absolute atomic E-state index is 12.8. The van der Waals surface area contributed by atoms with Gasteiger partial charge in [0.15, 0.2) is 4.39 Å². The van der Waals surface area contributed by atoms with E-state index in [2.05, 4.69) is 4.39 Å². The lowest BCUT2D eigenvalue weighted by molar-refractivity contribution is -1.92. The molecule has 28 heavy (non-hydrogen) atoms. The average molecular weight is 433 g/mol. The smallest absolute Gasteiger partial charge is 0.205 e. The Morgan fingerprint density at radius 2 is 1.57 bits per heavy atom. The predicted molar refractivity (Wildman–Crippen MR) is 87.9 cm³/mol. The summed E-state index contributed by atoms with van der Waals surface area (Å²) in [6.45, 7) is 5.53. The number of sulfonamides is 1. The summed E-state index contributed by atoms with van der Waals surface area (Å²) in [5.41, 5.74) is 2.90. The minimum absolute atomic E-state index is 0.344. The van der Waals surface area contributed by atoms with Crippen LogP contribution in [0.5, 0.6) is 0 Å². The van der Waals surface area contributed by atoms with Gasteiger partial charge in [-0.1, -0.05) is 0 Å². The molecule has 0 aliphatic carbocycles. The van der Waals surface area contributed by atoms with Gasteiger partial charge in [-0.3, -0.25) is 0 Å². The summed E-state index contributed by atoms with van der Waals surface area (Å²) in [5, 5.41) is 0. The van der Waals surface area contributed by atoms with Crippen LogP contribution in [-0.2, 0) is 14.4 Å². The number of carbonyl (C=O) groups is 1. The second-order valence-electron chi connectivity index (χ2n) is 6.03. The van der Waals surface area contributed by atoms with E-state index < -0.39 is 20.3 Å². The molecule has 2 rings (SSSR count). The number of halogens is 1. The highest BCUT2D eigenvalue weighted by molar-refractivity contribution is 7.89. The molecule has 2 aromatic rings. The normalized spacial score (nSPS) is 12.1. The van der Waals surface area contributed by atoms with Gasteiger partial charge in [0.25, 0.3) is 10.0 Å². The van der Waals surface area contributed by atoms with E-state index in [4.69, 9.17) is 0 Å². The van der Waals surface area contributed by atoms with Gasteiger partial charge in [0.05, 0.1) is 16.8 Å². The SMILES string of the molecule is Cc1cc(C)[n+](C(=O)N(C)c2ccc(S(=O)(=O)NO[Cl+3]([O-])([O-])[O-])cc2)c(C)c1. The van der Waals surface area contributed by atoms with Gasteiger partial charge in [-0.05, 0) is 62.7 Å². The van der Waals surface area contributed by atoms with Crippen molar-refractivity contribution in [3.8, 4) is 0 Å². The predicted octanol–water partition coefficient (Wildman–Crippen LogP) is -1.89. The number of benzene rings is 1. The summed E-state index contributed by atoms with van der Waals surface area (Å²) in [6.07, 6.45) is 0. The molecular weight excluding hydrogens is 414 g/mol. The van der Waals surface area contributed by atoms with Crippen molar-refractivity contribution in [1.82, 2.24) is 4.89 Å². The molecule has 152 valence electrons. The van der Waals surface area contributed by atoms with E-state index in [9.17, 15) is 27.2 Å². The van der Waals surface area contributed by atoms with Crippen LogP contribution in [0.25, 0.3) is 0 Å². The largest absolute Gasteiger partial charge is 0.503 e. The number of aromatic nitrogens is 1. The highest BCUT2D eigenvalue weighted by atomic mass is 35.7. The van der Waals surface area contributed by atoms with Crippen molar-refractivity contribution in [2.45, 2.75) is 25.7 Å². The van der Waals surface area contributed by atoms with Gasteiger partial charge in [-0.15, -0.1) is 0 Å². The third kappa shape index (κ3) is 5.23. The first-order valence-corrected chi connectivity index (χ1v) is 10.5. The first kappa shape index (κ1) is 22.2. The Bertz CT molecular complexity index is 965. The van der Waals surface area contributed by atoms with Crippen LogP contribution in [0.3, 0.4) is 0 Å². The molecule has 1 heterocycles. The van der Waals surface area contributed by atoms with Gasteiger partial charge in [0, 0.05) is 0 Å².